The van der Waals surface area contributed by atoms with E-state index < -0.39 is 6.10 Å². The second-order valence-corrected chi connectivity index (χ2v) is 16.7. The van der Waals surface area contributed by atoms with E-state index in [9.17, 15) is 9.59 Å². The minimum atomic E-state index is -0.547. The van der Waals surface area contributed by atoms with Crippen LogP contribution in [0.15, 0.2) is 48.6 Å². The maximum absolute atomic E-state index is 12.7. The minimum absolute atomic E-state index is 0.0734. The predicted octanol–water partition coefficient (Wildman–Crippen LogP) is 16.8. The smallest absolute Gasteiger partial charge is 0.306 e. The highest BCUT2D eigenvalue weighted by Crippen LogP contribution is 2.13. The molecule has 0 spiro atoms. The van der Waals surface area contributed by atoms with Gasteiger partial charge in [0.15, 0.2) is 6.10 Å². The molecule has 0 amide bonds. The van der Waals surface area contributed by atoms with Gasteiger partial charge in [0.1, 0.15) is 6.61 Å². The first-order chi connectivity index (χ1) is 28.6. The molecule has 0 bridgehead atoms. The maximum atomic E-state index is 12.7. The molecule has 0 aliphatic rings. The number of ether oxygens (including phenoxy) is 3. The first kappa shape index (κ1) is 55.9. The number of hydrogen-bond acceptors (Lipinski definition) is 5. The van der Waals surface area contributed by atoms with E-state index in [-0.39, 0.29) is 25.2 Å². The molecule has 0 aromatic carbocycles. The fourth-order valence-electron chi connectivity index (χ4n) is 6.99. The van der Waals surface area contributed by atoms with Gasteiger partial charge in [-0.1, -0.05) is 191 Å². The van der Waals surface area contributed by atoms with Gasteiger partial charge in [0, 0.05) is 19.4 Å². The van der Waals surface area contributed by atoms with Crippen LogP contribution in [-0.4, -0.2) is 37.9 Å². The average Bonchev–Trinajstić information content (AvgIpc) is 3.22. The van der Waals surface area contributed by atoms with Crippen molar-refractivity contribution in [3.05, 3.63) is 48.6 Å². The molecule has 0 heterocycles. The van der Waals surface area contributed by atoms with E-state index in [1.807, 2.05) is 0 Å². The van der Waals surface area contributed by atoms with E-state index in [0.717, 1.165) is 70.6 Å². The van der Waals surface area contributed by atoms with Crippen LogP contribution in [0.5, 0.6) is 0 Å². The Labute approximate surface area is 361 Å². The van der Waals surface area contributed by atoms with Gasteiger partial charge in [-0.15, -0.1) is 0 Å². The summed E-state index contributed by atoms with van der Waals surface area (Å²) in [7, 11) is 0. The minimum Gasteiger partial charge on any atom is -0.462 e. The average molecular weight is 813 g/mol. The zero-order chi connectivity index (χ0) is 42.1. The Morgan fingerprint density at radius 3 is 1.24 bits per heavy atom. The molecular formula is C53H96O5. The number of esters is 2. The summed E-state index contributed by atoms with van der Waals surface area (Å²) >= 11 is 0. The van der Waals surface area contributed by atoms with E-state index in [1.54, 1.807) is 0 Å². The highest BCUT2D eigenvalue weighted by atomic mass is 16.6. The number of hydrogen-bond donors (Lipinski definition) is 0. The SMILES string of the molecule is CCCC/C=C\CCCCCCCC(=O)OC(COCCCCCCCC/C=C\CCCCCCCC)COC(=O)CCCCCCC/C=C\C/C=C\CCCCC. The summed E-state index contributed by atoms with van der Waals surface area (Å²) in [6.07, 6.45) is 59.7. The van der Waals surface area contributed by atoms with Gasteiger partial charge >= 0.3 is 11.9 Å². The lowest BCUT2D eigenvalue weighted by Crippen LogP contribution is -2.30. The zero-order valence-corrected chi connectivity index (χ0v) is 38.8. The molecule has 0 rings (SSSR count). The van der Waals surface area contributed by atoms with E-state index in [4.69, 9.17) is 14.2 Å². The van der Waals surface area contributed by atoms with Gasteiger partial charge in [0.2, 0.25) is 0 Å². The molecule has 338 valence electrons. The molecule has 0 N–H and O–H groups in total. The third kappa shape index (κ3) is 46.5. The van der Waals surface area contributed by atoms with Crippen molar-refractivity contribution >= 4 is 11.9 Å². The molecule has 0 aliphatic carbocycles. The summed E-state index contributed by atoms with van der Waals surface area (Å²) in [4.78, 5) is 25.3. The third-order valence-corrected chi connectivity index (χ3v) is 10.8. The summed E-state index contributed by atoms with van der Waals surface area (Å²) in [6.45, 7) is 7.74. The van der Waals surface area contributed by atoms with Crippen LogP contribution in [-0.2, 0) is 23.8 Å². The standard InChI is InChI=1S/C53H96O5/c1-4-7-10-13-16-19-22-24-26-28-30-33-36-39-42-45-48-56-49-51(58-53(55)47-44-41-38-35-31-21-18-15-12-9-6-3)50-57-52(54)46-43-40-37-34-32-29-27-25-23-20-17-14-11-8-5-2/h15,17-18,20,24-27,51H,4-14,16,19,21-23,28-50H2,1-3H3/b18-15-,20-17-,26-24-,27-25-. The van der Waals surface area contributed by atoms with Crippen molar-refractivity contribution in [3.63, 3.8) is 0 Å². The van der Waals surface area contributed by atoms with Crippen LogP contribution in [0.25, 0.3) is 0 Å². The highest BCUT2D eigenvalue weighted by molar-refractivity contribution is 5.70. The van der Waals surface area contributed by atoms with Gasteiger partial charge in [-0.25, -0.2) is 0 Å². The fraction of sp³-hybridized carbons (Fsp3) is 0.811. The van der Waals surface area contributed by atoms with Crippen LogP contribution in [0.1, 0.15) is 252 Å². The quantitative estimate of drug-likeness (QED) is 0.0348. The van der Waals surface area contributed by atoms with Crippen LogP contribution >= 0.6 is 0 Å². The van der Waals surface area contributed by atoms with Crippen LogP contribution in [0.2, 0.25) is 0 Å². The van der Waals surface area contributed by atoms with Crippen molar-refractivity contribution in [3.8, 4) is 0 Å². The van der Waals surface area contributed by atoms with Crippen molar-refractivity contribution in [2.45, 2.75) is 258 Å². The molecular weight excluding hydrogens is 717 g/mol. The molecule has 0 aromatic rings. The number of allylic oxidation sites excluding steroid dienone is 8. The number of carbonyl (C=O) groups excluding carboxylic acids is 2. The lowest BCUT2D eigenvalue weighted by atomic mass is 10.1. The normalized spacial score (nSPS) is 12.5. The molecule has 0 fully saturated rings. The molecule has 5 heteroatoms. The Kier molecular flexibility index (Phi) is 47.4. The largest absolute Gasteiger partial charge is 0.462 e. The fourth-order valence-corrected chi connectivity index (χ4v) is 6.99. The first-order valence-corrected chi connectivity index (χ1v) is 25.2. The summed E-state index contributed by atoms with van der Waals surface area (Å²) in [5.41, 5.74) is 0. The molecule has 0 aromatic heterocycles. The van der Waals surface area contributed by atoms with Gasteiger partial charge in [-0.3, -0.25) is 9.59 Å². The van der Waals surface area contributed by atoms with Crippen molar-refractivity contribution in [2.75, 3.05) is 19.8 Å². The third-order valence-electron chi connectivity index (χ3n) is 10.8. The van der Waals surface area contributed by atoms with Crippen LogP contribution in [0, 0.1) is 0 Å². The molecule has 1 unspecified atom stereocenters. The van der Waals surface area contributed by atoms with E-state index in [2.05, 4.69) is 69.4 Å². The second kappa shape index (κ2) is 49.2. The monoisotopic (exact) mass is 813 g/mol. The van der Waals surface area contributed by atoms with Crippen molar-refractivity contribution in [1.29, 1.82) is 0 Å². The van der Waals surface area contributed by atoms with Crippen LogP contribution < -0.4 is 0 Å². The summed E-state index contributed by atoms with van der Waals surface area (Å²) < 4.78 is 17.4. The molecule has 0 saturated carbocycles. The molecule has 5 nitrogen and oxygen atoms in total. The maximum Gasteiger partial charge on any atom is 0.306 e. The van der Waals surface area contributed by atoms with Gasteiger partial charge in [-0.05, 0) is 96.3 Å². The van der Waals surface area contributed by atoms with Gasteiger partial charge in [0.05, 0.1) is 6.61 Å². The second-order valence-electron chi connectivity index (χ2n) is 16.7. The molecule has 1 atom stereocenters. The number of unbranched alkanes of at least 4 members (excludes halogenated alkanes) is 27. The van der Waals surface area contributed by atoms with E-state index in [1.165, 1.54) is 148 Å². The highest BCUT2D eigenvalue weighted by Gasteiger charge is 2.17. The molecule has 58 heavy (non-hydrogen) atoms. The van der Waals surface area contributed by atoms with Crippen LogP contribution in [0.3, 0.4) is 0 Å². The van der Waals surface area contributed by atoms with Crippen molar-refractivity contribution in [1.82, 2.24) is 0 Å². The lowest BCUT2D eigenvalue weighted by Gasteiger charge is -2.18. The van der Waals surface area contributed by atoms with E-state index in [0.29, 0.717) is 19.4 Å². The topological polar surface area (TPSA) is 61.8 Å². The summed E-state index contributed by atoms with van der Waals surface area (Å²) in [6, 6.07) is 0. The van der Waals surface area contributed by atoms with Crippen LogP contribution in [0.4, 0.5) is 0 Å². The molecule has 0 radical (unpaired) electrons. The Balaban J connectivity index is 4.27. The summed E-state index contributed by atoms with van der Waals surface area (Å²) in [5, 5.41) is 0. The Bertz CT molecular complexity index is 966. The van der Waals surface area contributed by atoms with Gasteiger partial charge in [-0.2, -0.15) is 0 Å². The zero-order valence-electron chi connectivity index (χ0n) is 38.8. The van der Waals surface area contributed by atoms with Gasteiger partial charge < -0.3 is 14.2 Å². The number of rotatable bonds is 46. The van der Waals surface area contributed by atoms with Crippen molar-refractivity contribution in [2.24, 2.45) is 0 Å². The first-order valence-electron chi connectivity index (χ1n) is 25.2. The van der Waals surface area contributed by atoms with Gasteiger partial charge in [0.25, 0.3) is 0 Å². The van der Waals surface area contributed by atoms with E-state index >= 15 is 0 Å². The molecule has 0 aliphatic heterocycles. The Morgan fingerprint density at radius 1 is 0.379 bits per heavy atom. The summed E-state index contributed by atoms with van der Waals surface area (Å²) in [5.74, 6) is -0.422. The number of carbonyl (C=O) groups is 2. The molecule has 0 saturated heterocycles. The Morgan fingerprint density at radius 2 is 0.741 bits per heavy atom. The Hall–Kier alpha value is -2.14. The predicted molar refractivity (Wildman–Crippen MR) is 251 cm³/mol. The lowest BCUT2D eigenvalue weighted by molar-refractivity contribution is -0.163. The van der Waals surface area contributed by atoms with Crippen molar-refractivity contribution < 1.29 is 23.8 Å².